The lowest BCUT2D eigenvalue weighted by atomic mass is 10.8. The standard InChI is InChI=1S/C4H7N3O/c5-1-2-6-7-3-4-8/h1-2,4-5,7H,3H2/b5-1?,6-2-. The van der Waals surface area contributed by atoms with E-state index in [1.165, 1.54) is 6.21 Å². The van der Waals surface area contributed by atoms with Crippen LogP contribution in [0.2, 0.25) is 0 Å². The van der Waals surface area contributed by atoms with Gasteiger partial charge in [-0.3, -0.25) is 0 Å². The molecule has 0 spiro atoms. The molecule has 0 aromatic rings. The van der Waals surface area contributed by atoms with E-state index < -0.39 is 0 Å². The molecule has 0 amide bonds. The summed E-state index contributed by atoms with van der Waals surface area (Å²) in [7, 11) is 0. The molecule has 4 nitrogen and oxygen atoms in total. The van der Waals surface area contributed by atoms with Gasteiger partial charge in [-0.1, -0.05) is 0 Å². The predicted octanol–water partition coefficient (Wildman–Crippen LogP) is -0.590. The van der Waals surface area contributed by atoms with Crippen LogP contribution < -0.4 is 5.43 Å². The third-order valence-corrected chi connectivity index (χ3v) is 0.415. The van der Waals surface area contributed by atoms with Crippen LogP contribution in [0.15, 0.2) is 5.10 Å². The Hall–Kier alpha value is -1.19. The van der Waals surface area contributed by atoms with Crippen molar-refractivity contribution in [3.8, 4) is 0 Å². The van der Waals surface area contributed by atoms with E-state index in [1.807, 2.05) is 0 Å². The highest BCUT2D eigenvalue weighted by Gasteiger charge is 1.69. The van der Waals surface area contributed by atoms with Crippen LogP contribution in [0.3, 0.4) is 0 Å². The third kappa shape index (κ3) is 4.81. The van der Waals surface area contributed by atoms with Gasteiger partial charge in [0.25, 0.3) is 0 Å². The summed E-state index contributed by atoms with van der Waals surface area (Å²) in [4.78, 5) is 9.57. The topological polar surface area (TPSA) is 65.3 Å². The number of nitrogens with zero attached hydrogens (tertiary/aromatic N) is 1. The summed E-state index contributed by atoms with van der Waals surface area (Å²) in [5.74, 6) is 0. The van der Waals surface area contributed by atoms with Crippen molar-refractivity contribution < 1.29 is 4.79 Å². The first kappa shape index (κ1) is 6.81. The summed E-state index contributed by atoms with van der Waals surface area (Å²) in [6, 6.07) is 0. The van der Waals surface area contributed by atoms with E-state index in [4.69, 9.17) is 5.41 Å². The van der Waals surface area contributed by atoms with E-state index in [-0.39, 0.29) is 6.54 Å². The van der Waals surface area contributed by atoms with Crippen LogP contribution in [0.25, 0.3) is 0 Å². The number of nitrogens with one attached hydrogen (secondary N) is 2. The van der Waals surface area contributed by atoms with E-state index in [0.717, 1.165) is 6.21 Å². The molecule has 0 aromatic carbocycles. The van der Waals surface area contributed by atoms with Crippen molar-refractivity contribution in [1.29, 1.82) is 5.41 Å². The Bertz CT molecular complexity index is 99.5. The summed E-state index contributed by atoms with van der Waals surface area (Å²) >= 11 is 0. The quantitative estimate of drug-likeness (QED) is 0.221. The Balaban J connectivity index is 3.02. The smallest absolute Gasteiger partial charge is 0.140 e. The van der Waals surface area contributed by atoms with Crippen molar-refractivity contribution in [3.63, 3.8) is 0 Å². The lowest BCUT2D eigenvalue weighted by Gasteiger charge is -1.84. The number of carbonyl (C=O) groups is 1. The minimum Gasteiger partial charge on any atom is -0.307 e. The first-order chi connectivity index (χ1) is 3.91. The lowest BCUT2D eigenvalue weighted by Crippen LogP contribution is -2.07. The minimum atomic E-state index is 0.199. The van der Waals surface area contributed by atoms with Crippen LogP contribution >= 0.6 is 0 Å². The molecule has 0 aromatic heterocycles. The van der Waals surface area contributed by atoms with Crippen molar-refractivity contribution >= 4 is 18.7 Å². The molecule has 0 bridgehead atoms. The predicted molar refractivity (Wildman–Crippen MR) is 31.3 cm³/mol. The fourth-order valence-corrected chi connectivity index (χ4v) is 0.180. The van der Waals surface area contributed by atoms with E-state index in [2.05, 4.69) is 10.5 Å². The summed E-state index contributed by atoms with van der Waals surface area (Å²) in [5.41, 5.74) is 2.39. The molecule has 0 aliphatic rings. The van der Waals surface area contributed by atoms with Gasteiger partial charge in [-0.15, -0.1) is 0 Å². The molecule has 0 unspecified atom stereocenters. The minimum absolute atomic E-state index is 0.199. The Morgan fingerprint density at radius 1 is 1.75 bits per heavy atom. The molecule has 0 saturated heterocycles. The normalized spacial score (nSPS) is 9.00. The highest BCUT2D eigenvalue weighted by molar-refractivity contribution is 6.14. The van der Waals surface area contributed by atoms with Crippen LogP contribution in [0.5, 0.6) is 0 Å². The molecule has 4 heteroatoms. The van der Waals surface area contributed by atoms with Gasteiger partial charge in [-0.05, 0) is 0 Å². The van der Waals surface area contributed by atoms with Crippen LogP contribution in [0.4, 0.5) is 0 Å². The van der Waals surface area contributed by atoms with E-state index in [0.29, 0.717) is 6.29 Å². The van der Waals surface area contributed by atoms with Crippen LogP contribution in [-0.4, -0.2) is 25.3 Å². The SMILES string of the molecule is N=C/C=N\NCC=O. The molecule has 8 heavy (non-hydrogen) atoms. The van der Waals surface area contributed by atoms with Crippen molar-refractivity contribution in [2.75, 3.05) is 6.54 Å². The monoisotopic (exact) mass is 113 g/mol. The zero-order valence-corrected chi connectivity index (χ0v) is 4.29. The highest BCUT2D eigenvalue weighted by atomic mass is 16.1. The number of hydrazone groups is 1. The van der Waals surface area contributed by atoms with Crippen LogP contribution in [0, 0.1) is 5.41 Å². The molecular weight excluding hydrogens is 106 g/mol. The molecule has 0 saturated carbocycles. The van der Waals surface area contributed by atoms with Gasteiger partial charge in [0.1, 0.15) is 6.29 Å². The van der Waals surface area contributed by atoms with Crippen molar-refractivity contribution in [1.82, 2.24) is 5.43 Å². The second-order valence-corrected chi connectivity index (χ2v) is 0.974. The zero-order valence-electron chi connectivity index (χ0n) is 4.29. The van der Waals surface area contributed by atoms with Gasteiger partial charge in [0.05, 0.1) is 12.8 Å². The maximum atomic E-state index is 9.57. The van der Waals surface area contributed by atoms with Gasteiger partial charge in [0.15, 0.2) is 0 Å². The van der Waals surface area contributed by atoms with Gasteiger partial charge in [-0.2, -0.15) is 5.10 Å². The van der Waals surface area contributed by atoms with Gasteiger partial charge >= 0.3 is 0 Å². The molecule has 0 aliphatic carbocycles. The molecule has 0 heterocycles. The van der Waals surface area contributed by atoms with Crippen molar-refractivity contribution in [2.45, 2.75) is 0 Å². The zero-order chi connectivity index (χ0) is 6.24. The van der Waals surface area contributed by atoms with Gasteiger partial charge in [-0.25, -0.2) is 0 Å². The molecule has 0 rings (SSSR count). The lowest BCUT2D eigenvalue weighted by molar-refractivity contribution is -0.107. The number of hydrogen-bond donors (Lipinski definition) is 2. The first-order valence-electron chi connectivity index (χ1n) is 2.10. The largest absolute Gasteiger partial charge is 0.307 e. The van der Waals surface area contributed by atoms with E-state index in [1.54, 1.807) is 0 Å². The molecule has 0 atom stereocenters. The maximum Gasteiger partial charge on any atom is 0.140 e. The maximum absolute atomic E-state index is 9.57. The summed E-state index contributed by atoms with van der Waals surface area (Å²) in [6.07, 6.45) is 2.97. The average molecular weight is 113 g/mol. The fraction of sp³-hybridized carbons (Fsp3) is 0.250. The molecule has 0 fully saturated rings. The molecule has 0 aliphatic heterocycles. The summed E-state index contributed by atoms with van der Waals surface area (Å²) < 4.78 is 0. The van der Waals surface area contributed by atoms with Gasteiger partial charge < -0.3 is 15.6 Å². The second kappa shape index (κ2) is 5.81. The van der Waals surface area contributed by atoms with E-state index in [9.17, 15) is 4.79 Å². The molecule has 44 valence electrons. The first-order valence-corrected chi connectivity index (χ1v) is 2.10. The number of aldehydes is 1. The fourth-order valence-electron chi connectivity index (χ4n) is 0.180. The second-order valence-electron chi connectivity index (χ2n) is 0.974. The highest BCUT2D eigenvalue weighted by Crippen LogP contribution is 1.49. The number of rotatable bonds is 4. The number of carbonyl (C=O) groups excluding carboxylic acids is 1. The Labute approximate surface area is 47.1 Å². The summed E-state index contributed by atoms with van der Waals surface area (Å²) in [6.45, 7) is 0.199. The Morgan fingerprint density at radius 3 is 3.00 bits per heavy atom. The van der Waals surface area contributed by atoms with Gasteiger partial charge in [0, 0.05) is 6.21 Å². The summed E-state index contributed by atoms with van der Waals surface area (Å²) in [5, 5.41) is 9.87. The molecular formula is C4H7N3O. The van der Waals surface area contributed by atoms with Crippen LogP contribution in [-0.2, 0) is 4.79 Å². The van der Waals surface area contributed by atoms with Crippen molar-refractivity contribution in [2.24, 2.45) is 5.10 Å². The number of hydrogen-bond acceptors (Lipinski definition) is 4. The molecule has 2 N–H and O–H groups in total. The Morgan fingerprint density at radius 2 is 2.50 bits per heavy atom. The van der Waals surface area contributed by atoms with Crippen molar-refractivity contribution in [3.05, 3.63) is 0 Å². The average Bonchev–Trinajstić information content (AvgIpc) is 1.81. The van der Waals surface area contributed by atoms with Gasteiger partial charge in [0.2, 0.25) is 0 Å². The van der Waals surface area contributed by atoms with E-state index >= 15 is 0 Å². The third-order valence-electron chi connectivity index (χ3n) is 0.415. The van der Waals surface area contributed by atoms with Crippen LogP contribution in [0.1, 0.15) is 0 Å². The molecule has 0 radical (unpaired) electrons. The Kier molecular flexibility index (Phi) is 4.95.